The van der Waals surface area contributed by atoms with Crippen LogP contribution in [0.4, 0.5) is 4.79 Å². The van der Waals surface area contributed by atoms with E-state index in [9.17, 15) is 14.4 Å². The Morgan fingerprint density at radius 1 is 1.03 bits per heavy atom. The molecule has 1 saturated heterocycles. The Balaban J connectivity index is 1.43. The third-order valence-electron chi connectivity index (χ3n) is 5.29. The van der Waals surface area contributed by atoms with Crippen molar-refractivity contribution in [3.63, 3.8) is 0 Å². The van der Waals surface area contributed by atoms with Gasteiger partial charge in [-0.05, 0) is 78.4 Å². The molecule has 1 aliphatic heterocycles. The second-order valence-corrected chi connectivity index (χ2v) is 9.76. The number of carbonyl (C=O) groups is 3. The molecule has 37 heavy (non-hydrogen) atoms. The summed E-state index contributed by atoms with van der Waals surface area (Å²) in [6, 6.07) is 16.8. The summed E-state index contributed by atoms with van der Waals surface area (Å²) >= 11 is 12.8. The summed E-state index contributed by atoms with van der Waals surface area (Å²) in [6.45, 7) is 2.26. The number of imide groups is 1. The maximum absolute atomic E-state index is 12.8. The Morgan fingerprint density at radius 3 is 2.57 bits per heavy atom. The zero-order chi connectivity index (χ0) is 26.5. The van der Waals surface area contributed by atoms with Gasteiger partial charge < -0.3 is 14.2 Å². The van der Waals surface area contributed by atoms with Crippen molar-refractivity contribution in [2.24, 2.45) is 0 Å². The van der Waals surface area contributed by atoms with Crippen molar-refractivity contribution in [3.8, 4) is 17.2 Å². The summed E-state index contributed by atoms with van der Waals surface area (Å²) in [6.07, 6.45) is 1.58. The van der Waals surface area contributed by atoms with Gasteiger partial charge in [0.1, 0.15) is 12.4 Å². The lowest BCUT2D eigenvalue weighted by molar-refractivity contribution is -0.123. The molecule has 3 aromatic carbocycles. The van der Waals surface area contributed by atoms with Crippen molar-refractivity contribution in [1.82, 2.24) is 4.90 Å². The number of amides is 2. The standard InChI is InChI=1S/C27H21Cl2NO6S/c1-16-4-3-5-19(12-16)35-11-10-30-25(31)24(37-27(30)33)14-17-6-9-22(23(13-17)34-2)36-26(32)20-8-7-18(28)15-21(20)29/h3-9,12-15H,10-11H2,1-2H3/b24-14-. The molecule has 1 heterocycles. The second-order valence-electron chi connectivity index (χ2n) is 7.92. The molecule has 0 aliphatic carbocycles. The summed E-state index contributed by atoms with van der Waals surface area (Å²) in [5.41, 5.74) is 1.79. The van der Waals surface area contributed by atoms with E-state index in [1.54, 1.807) is 18.2 Å². The molecule has 0 atom stereocenters. The van der Waals surface area contributed by atoms with Crippen molar-refractivity contribution in [3.05, 3.63) is 92.3 Å². The first-order valence-electron chi connectivity index (χ1n) is 11.1. The molecule has 0 N–H and O–H groups in total. The molecular weight excluding hydrogens is 537 g/mol. The van der Waals surface area contributed by atoms with E-state index in [-0.39, 0.29) is 45.4 Å². The van der Waals surface area contributed by atoms with Crippen molar-refractivity contribution in [2.45, 2.75) is 6.92 Å². The van der Waals surface area contributed by atoms with Crippen LogP contribution in [0.2, 0.25) is 10.0 Å². The number of hydrogen-bond acceptors (Lipinski definition) is 7. The fourth-order valence-corrected chi connectivity index (χ4v) is 4.82. The average molecular weight is 558 g/mol. The molecule has 3 aromatic rings. The zero-order valence-corrected chi connectivity index (χ0v) is 22.2. The number of esters is 1. The molecule has 4 rings (SSSR count). The van der Waals surface area contributed by atoms with Crippen molar-refractivity contribution in [2.75, 3.05) is 20.3 Å². The van der Waals surface area contributed by atoms with Gasteiger partial charge in [-0.3, -0.25) is 14.5 Å². The van der Waals surface area contributed by atoms with Crippen molar-refractivity contribution >= 4 is 58.2 Å². The van der Waals surface area contributed by atoms with Crippen LogP contribution in [0.1, 0.15) is 21.5 Å². The predicted octanol–water partition coefficient (Wildman–Crippen LogP) is 6.64. The highest BCUT2D eigenvalue weighted by molar-refractivity contribution is 8.18. The number of ether oxygens (including phenoxy) is 3. The Labute approximate surface area is 227 Å². The highest BCUT2D eigenvalue weighted by Crippen LogP contribution is 2.35. The van der Waals surface area contributed by atoms with Crippen LogP contribution in [0.25, 0.3) is 6.08 Å². The van der Waals surface area contributed by atoms with E-state index < -0.39 is 11.9 Å². The van der Waals surface area contributed by atoms with Crippen LogP contribution < -0.4 is 14.2 Å². The molecule has 0 unspecified atom stereocenters. The maximum Gasteiger partial charge on any atom is 0.345 e. The first-order valence-corrected chi connectivity index (χ1v) is 12.6. The summed E-state index contributed by atoms with van der Waals surface area (Å²) < 4.78 is 16.5. The van der Waals surface area contributed by atoms with Gasteiger partial charge in [0.05, 0.1) is 29.1 Å². The number of nitrogens with zero attached hydrogens (tertiary/aromatic N) is 1. The Morgan fingerprint density at radius 2 is 1.84 bits per heavy atom. The summed E-state index contributed by atoms with van der Waals surface area (Å²) in [4.78, 5) is 39.2. The first kappa shape index (κ1) is 26.6. The van der Waals surface area contributed by atoms with Crippen LogP contribution in [0.15, 0.2) is 65.6 Å². The molecule has 0 saturated carbocycles. The lowest BCUT2D eigenvalue weighted by Crippen LogP contribution is -2.32. The highest BCUT2D eigenvalue weighted by Gasteiger charge is 2.34. The summed E-state index contributed by atoms with van der Waals surface area (Å²) in [7, 11) is 1.42. The number of halogens is 2. The van der Waals surface area contributed by atoms with Crippen LogP contribution >= 0.6 is 35.0 Å². The quantitative estimate of drug-likeness (QED) is 0.174. The van der Waals surface area contributed by atoms with E-state index in [4.69, 9.17) is 37.4 Å². The Hall–Kier alpha value is -3.46. The van der Waals surface area contributed by atoms with Crippen LogP contribution in [0.5, 0.6) is 17.2 Å². The van der Waals surface area contributed by atoms with E-state index in [2.05, 4.69) is 0 Å². The normalized spacial score (nSPS) is 14.3. The molecule has 2 amide bonds. The van der Waals surface area contributed by atoms with E-state index in [1.165, 1.54) is 31.4 Å². The van der Waals surface area contributed by atoms with E-state index in [0.717, 1.165) is 22.2 Å². The van der Waals surface area contributed by atoms with Gasteiger partial charge in [-0.1, -0.05) is 41.4 Å². The zero-order valence-electron chi connectivity index (χ0n) is 19.8. The van der Waals surface area contributed by atoms with Gasteiger partial charge in [-0.25, -0.2) is 4.79 Å². The van der Waals surface area contributed by atoms with Crippen LogP contribution in [-0.4, -0.2) is 42.3 Å². The van der Waals surface area contributed by atoms with Gasteiger partial charge >= 0.3 is 5.97 Å². The lowest BCUT2D eigenvalue weighted by Gasteiger charge is -2.13. The number of hydrogen-bond donors (Lipinski definition) is 0. The number of aryl methyl sites for hydroxylation is 1. The topological polar surface area (TPSA) is 82.1 Å². The van der Waals surface area contributed by atoms with Crippen molar-refractivity contribution in [1.29, 1.82) is 0 Å². The number of methoxy groups -OCH3 is 1. The third-order valence-corrected chi connectivity index (χ3v) is 6.74. The fraction of sp³-hybridized carbons (Fsp3) is 0.148. The summed E-state index contributed by atoms with van der Waals surface area (Å²) in [5.74, 6) is 0.0141. The maximum atomic E-state index is 12.8. The summed E-state index contributed by atoms with van der Waals surface area (Å²) in [5, 5.41) is 0.182. The monoisotopic (exact) mass is 557 g/mol. The van der Waals surface area contributed by atoms with E-state index in [1.807, 2.05) is 31.2 Å². The molecule has 0 spiro atoms. The van der Waals surface area contributed by atoms with Gasteiger partial charge in [-0.2, -0.15) is 0 Å². The van der Waals surface area contributed by atoms with E-state index >= 15 is 0 Å². The van der Waals surface area contributed by atoms with Gasteiger partial charge in [0.15, 0.2) is 11.5 Å². The SMILES string of the molecule is COc1cc(/C=C2\SC(=O)N(CCOc3cccc(C)c3)C2=O)ccc1OC(=O)c1ccc(Cl)cc1Cl. The second kappa shape index (κ2) is 11.7. The smallest absolute Gasteiger partial charge is 0.345 e. The molecule has 1 aliphatic rings. The molecule has 190 valence electrons. The molecule has 0 radical (unpaired) electrons. The van der Waals surface area contributed by atoms with Gasteiger partial charge in [0.2, 0.25) is 0 Å². The van der Waals surface area contributed by atoms with Crippen molar-refractivity contribution < 1.29 is 28.6 Å². The first-order chi connectivity index (χ1) is 17.7. The van der Waals surface area contributed by atoms with Crippen LogP contribution in [0.3, 0.4) is 0 Å². The largest absolute Gasteiger partial charge is 0.493 e. The average Bonchev–Trinajstić information content (AvgIpc) is 3.12. The number of carbonyl (C=O) groups excluding carboxylic acids is 3. The fourth-order valence-electron chi connectivity index (χ4n) is 3.47. The highest BCUT2D eigenvalue weighted by atomic mass is 35.5. The molecule has 0 bridgehead atoms. The number of rotatable bonds is 8. The van der Waals surface area contributed by atoms with Crippen LogP contribution in [-0.2, 0) is 4.79 Å². The van der Waals surface area contributed by atoms with Gasteiger partial charge in [0, 0.05) is 5.02 Å². The Kier molecular flexibility index (Phi) is 8.43. The third kappa shape index (κ3) is 6.46. The van der Waals surface area contributed by atoms with Crippen LogP contribution in [0, 0.1) is 6.92 Å². The van der Waals surface area contributed by atoms with Gasteiger partial charge in [0.25, 0.3) is 11.1 Å². The minimum absolute atomic E-state index is 0.126. The van der Waals surface area contributed by atoms with E-state index in [0.29, 0.717) is 16.3 Å². The lowest BCUT2D eigenvalue weighted by atomic mass is 10.1. The Bertz CT molecular complexity index is 1410. The number of thioether (sulfide) groups is 1. The predicted molar refractivity (Wildman–Crippen MR) is 144 cm³/mol. The number of benzene rings is 3. The molecule has 7 nitrogen and oxygen atoms in total. The minimum atomic E-state index is -0.679. The molecule has 1 fully saturated rings. The molecular formula is C27H21Cl2NO6S. The van der Waals surface area contributed by atoms with Gasteiger partial charge in [-0.15, -0.1) is 0 Å². The molecule has 10 heteroatoms. The minimum Gasteiger partial charge on any atom is -0.493 e. The molecule has 0 aromatic heterocycles.